The number of rotatable bonds is 7. The molecule has 1 aromatic rings. The van der Waals surface area contributed by atoms with E-state index in [1.807, 2.05) is 0 Å². The van der Waals surface area contributed by atoms with Crippen molar-refractivity contribution >= 4 is 0 Å². The fraction of sp³-hybridized carbons (Fsp3) is 0.824. The Kier molecular flexibility index (Phi) is 5.82. The first-order chi connectivity index (χ1) is 10.1. The Bertz CT molecular complexity index is 418. The maximum absolute atomic E-state index is 4.53. The van der Waals surface area contributed by atoms with Gasteiger partial charge in [0.1, 0.15) is 0 Å². The average molecular weight is 292 g/mol. The highest BCUT2D eigenvalue weighted by Gasteiger charge is 2.37. The summed E-state index contributed by atoms with van der Waals surface area (Å²) in [5, 5.41) is 8.22. The smallest absolute Gasteiger partial charge is 0.0538 e. The third-order valence-corrected chi connectivity index (χ3v) is 4.73. The molecule has 1 atom stereocenters. The van der Waals surface area contributed by atoms with Gasteiger partial charge in [0.25, 0.3) is 0 Å². The van der Waals surface area contributed by atoms with E-state index in [0.717, 1.165) is 19.5 Å². The summed E-state index contributed by atoms with van der Waals surface area (Å²) in [4.78, 5) is 2.65. The molecule has 2 heterocycles. The number of likely N-dealkylation sites (N-methyl/N-ethyl adjacent to an activating group) is 1. The second kappa shape index (κ2) is 7.41. The highest BCUT2D eigenvalue weighted by Crippen LogP contribution is 2.33. The van der Waals surface area contributed by atoms with Crippen LogP contribution in [-0.4, -0.2) is 39.9 Å². The molecule has 1 fully saturated rings. The molecule has 0 bridgehead atoms. The van der Waals surface area contributed by atoms with Gasteiger partial charge in [-0.1, -0.05) is 20.3 Å². The standard InChI is InChI=1S/C17H32N4/c1-5-10-21-14-15(13-19-21)16(18-6-2)17(3,4)20-11-8-7-9-12-20/h13-14,16,18H,5-12H2,1-4H3. The Labute approximate surface area is 129 Å². The van der Waals surface area contributed by atoms with Crippen LogP contribution in [0.15, 0.2) is 12.4 Å². The maximum Gasteiger partial charge on any atom is 0.0538 e. The van der Waals surface area contributed by atoms with Gasteiger partial charge in [0.2, 0.25) is 0 Å². The third kappa shape index (κ3) is 3.86. The third-order valence-electron chi connectivity index (χ3n) is 4.73. The lowest BCUT2D eigenvalue weighted by atomic mass is 9.86. The quantitative estimate of drug-likeness (QED) is 0.838. The summed E-state index contributed by atoms with van der Waals surface area (Å²) in [6, 6.07) is 0.339. The van der Waals surface area contributed by atoms with Crippen molar-refractivity contribution in [1.29, 1.82) is 0 Å². The van der Waals surface area contributed by atoms with E-state index in [-0.39, 0.29) is 5.54 Å². The van der Waals surface area contributed by atoms with Crippen molar-refractivity contribution in [2.24, 2.45) is 0 Å². The van der Waals surface area contributed by atoms with Crippen molar-refractivity contribution in [3.05, 3.63) is 18.0 Å². The Morgan fingerprint density at radius 3 is 2.57 bits per heavy atom. The summed E-state index contributed by atoms with van der Waals surface area (Å²) in [5.41, 5.74) is 1.44. The number of piperidine rings is 1. The SMILES string of the molecule is CCCn1cc(C(NCC)C(C)(C)N2CCCCC2)cn1. The molecule has 0 radical (unpaired) electrons. The molecule has 120 valence electrons. The molecule has 0 spiro atoms. The molecule has 0 saturated carbocycles. The molecule has 1 aromatic heterocycles. The first kappa shape index (κ1) is 16.5. The van der Waals surface area contributed by atoms with Crippen LogP contribution in [0.3, 0.4) is 0 Å². The van der Waals surface area contributed by atoms with Gasteiger partial charge in [0.15, 0.2) is 0 Å². The molecule has 2 rings (SSSR count). The number of hydrogen-bond donors (Lipinski definition) is 1. The highest BCUT2D eigenvalue weighted by atomic mass is 15.3. The van der Waals surface area contributed by atoms with Crippen molar-refractivity contribution < 1.29 is 0 Å². The largest absolute Gasteiger partial charge is 0.309 e. The summed E-state index contributed by atoms with van der Waals surface area (Å²) >= 11 is 0. The van der Waals surface area contributed by atoms with Crippen molar-refractivity contribution in [2.75, 3.05) is 19.6 Å². The Morgan fingerprint density at radius 1 is 1.24 bits per heavy atom. The molecule has 21 heavy (non-hydrogen) atoms. The van der Waals surface area contributed by atoms with Gasteiger partial charge in [-0.25, -0.2) is 0 Å². The van der Waals surface area contributed by atoms with E-state index in [2.05, 4.69) is 60.1 Å². The zero-order chi connectivity index (χ0) is 15.3. The Hall–Kier alpha value is -0.870. The predicted octanol–water partition coefficient (Wildman–Crippen LogP) is 3.21. The molecule has 0 aliphatic carbocycles. The van der Waals surface area contributed by atoms with E-state index in [1.165, 1.54) is 37.9 Å². The zero-order valence-electron chi connectivity index (χ0n) is 14.2. The van der Waals surface area contributed by atoms with Gasteiger partial charge in [0, 0.05) is 23.8 Å². The molecular formula is C17H32N4. The van der Waals surface area contributed by atoms with E-state index < -0.39 is 0 Å². The summed E-state index contributed by atoms with van der Waals surface area (Å²) in [6.45, 7) is 13.6. The van der Waals surface area contributed by atoms with E-state index in [4.69, 9.17) is 0 Å². The fourth-order valence-electron chi connectivity index (χ4n) is 3.51. The van der Waals surface area contributed by atoms with E-state index in [9.17, 15) is 0 Å². The highest BCUT2D eigenvalue weighted by molar-refractivity contribution is 5.17. The van der Waals surface area contributed by atoms with Gasteiger partial charge in [-0.3, -0.25) is 9.58 Å². The molecular weight excluding hydrogens is 260 g/mol. The normalized spacial score (nSPS) is 18.9. The fourth-order valence-corrected chi connectivity index (χ4v) is 3.51. The molecule has 0 amide bonds. The van der Waals surface area contributed by atoms with E-state index >= 15 is 0 Å². The first-order valence-electron chi connectivity index (χ1n) is 8.60. The molecule has 0 aromatic carbocycles. The Balaban J connectivity index is 2.18. The summed E-state index contributed by atoms with van der Waals surface area (Å²) in [7, 11) is 0. The van der Waals surface area contributed by atoms with Gasteiger partial charge in [0.05, 0.1) is 12.2 Å². The van der Waals surface area contributed by atoms with E-state index in [0.29, 0.717) is 6.04 Å². The molecule has 4 nitrogen and oxygen atoms in total. The minimum atomic E-state index is 0.122. The number of aromatic nitrogens is 2. The maximum atomic E-state index is 4.53. The second-order valence-electron chi connectivity index (χ2n) is 6.73. The lowest BCUT2D eigenvalue weighted by Crippen LogP contribution is -2.54. The van der Waals surface area contributed by atoms with Crippen LogP contribution in [0.1, 0.15) is 65.0 Å². The summed E-state index contributed by atoms with van der Waals surface area (Å²) in [5.74, 6) is 0. The van der Waals surface area contributed by atoms with Crippen molar-refractivity contribution in [2.45, 2.75) is 71.5 Å². The van der Waals surface area contributed by atoms with Crippen molar-refractivity contribution in [3.63, 3.8) is 0 Å². The lowest BCUT2D eigenvalue weighted by Gasteiger charge is -2.46. The minimum Gasteiger partial charge on any atom is -0.309 e. The van der Waals surface area contributed by atoms with Crippen LogP contribution < -0.4 is 5.32 Å². The molecule has 1 unspecified atom stereocenters. The Morgan fingerprint density at radius 2 is 1.95 bits per heavy atom. The topological polar surface area (TPSA) is 33.1 Å². The van der Waals surface area contributed by atoms with Crippen molar-refractivity contribution in [3.8, 4) is 0 Å². The second-order valence-corrected chi connectivity index (χ2v) is 6.73. The van der Waals surface area contributed by atoms with Gasteiger partial charge in [-0.15, -0.1) is 0 Å². The van der Waals surface area contributed by atoms with Crippen LogP contribution in [-0.2, 0) is 6.54 Å². The van der Waals surface area contributed by atoms with Gasteiger partial charge in [-0.2, -0.15) is 5.10 Å². The molecule has 1 saturated heterocycles. The van der Waals surface area contributed by atoms with E-state index in [1.54, 1.807) is 0 Å². The molecule has 4 heteroatoms. The van der Waals surface area contributed by atoms with Crippen molar-refractivity contribution in [1.82, 2.24) is 20.0 Å². The van der Waals surface area contributed by atoms with Crippen LogP contribution in [0.4, 0.5) is 0 Å². The molecule has 1 N–H and O–H groups in total. The van der Waals surface area contributed by atoms with Gasteiger partial charge < -0.3 is 5.32 Å². The summed E-state index contributed by atoms with van der Waals surface area (Å²) in [6.07, 6.45) is 9.45. The predicted molar refractivity (Wildman–Crippen MR) is 88.4 cm³/mol. The first-order valence-corrected chi connectivity index (χ1v) is 8.60. The molecule has 1 aliphatic rings. The number of likely N-dealkylation sites (tertiary alicyclic amines) is 1. The average Bonchev–Trinajstić information content (AvgIpc) is 2.94. The summed E-state index contributed by atoms with van der Waals surface area (Å²) < 4.78 is 2.08. The number of nitrogens with one attached hydrogen (secondary N) is 1. The number of hydrogen-bond acceptors (Lipinski definition) is 3. The molecule has 1 aliphatic heterocycles. The van der Waals surface area contributed by atoms with Crippen LogP contribution >= 0.6 is 0 Å². The monoisotopic (exact) mass is 292 g/mol. The number of aryl methyl sites for hydroxylation is 1. The van der Waals surface area contributed by atoms with Crippen LogP contribution in [0.25, 0.3) is 0 Å². The lowest BCUT2D eigenvalue weighted by molar-refractivity contribution is 0.0612. The minimum absolute atomic E-state index is 0.122. The van der Waals surface area contributed by atoms with Crippen LogP contribution in [0.2, 0.25) is 0 Å². The van der Waals surface area contributed by atoms with Crippen LogP contribution in [0.5, 0.6) is 0 Å². The van der Waals surface area contributed by atoms with Crippen LogP contribution in [0, 0.1) is 0 Å². The number of nitrogens with zero attached hydrogens (tertiary/aromatic N) is 3. The zero-order valence-corrected chi connectivity index (χ0v) is 14.2. The van der Waals surface area contributed by atoms with Gasteiger partial charge in [-0.05, 0) is 52.7 Å². The van der Waals surface area contributed by atoms with Gasteiger partial charge >= 0.3 is 0 Å².